The minimum atomic E-state index is -0.543. The van der Waals surface area contributed by atoms with Crippen LogP contribution in [0, 0.1) is 5.82 Å². The molecule has 1 unspecified atom stereocenters. The number of benzene rings is 2. The molecule has 2 aliphatic heterocycles. The number of carbonyl (C=O) groups is 2. The maximum absolute atomic E-state index is 13.4. The molecule has 2 saturated heterocycles. The second-order valence-corrected chi connectivity index (χ2v) is 9.06. The van der Waals surface area contributed by atoms with Gasteiger partial charge >= 0.3 is 0 Å². The Morgan fingerprint density at radius 3 is 2.76 bits per heavy atom. The van der Waals surface area contributed by atoms with Crippen LogP contribution in [-0.4, -0.2) is 58.4 Å². The topological polar surface area (TPSA) is 65.6 Å². The smallest absolute Gasteiger partial charge is 0.225 e. The average Bonchev–Trinajstić information content (AvgIpc) is 3.44. The molecule has 1 spiro atoms. The Balaban J connectivity index is 1.32. The molecule has 5 rings (SSSR count). The highest BCUT2D eigenvalue weighted by Gasteiger charge is 2.46. The Morgan fingerprint density at radius 2 is 1.97 bits per heavy atom. The van der Waals surface area contributed by atoms with Crippen LogP contribution in [0.1, 0.15) is 30.4 Å². The van der Waals surface area contributed by atoms with Crippen molar-refractivity contribution >= 4 is 22.7 Å². The van der Waals surface area contributed by atoms with Crippen LogP contribution in [0.25, 0.3) is 10.9 Å². The van der Waals surface area contributed by atoms with Crippen molar-refractivity contribution in [1.29, 1.82) is 0 Å². The summed E-state index contributed by atoms with van der Waals surface area (Å²) in [7, 11) is 0. The van der Waals surface area contributed by atoms with E-state index >= 15 is 0 Å². The van der Waals surface area contributed by atoms with Gasteiger partial charge in [0.05, 0.1) is 12.1 Å². The Morgan fingerprint density at radius 1 is 1.15 bits per heavy atom. The number of rotatable bonds is 5. The first kappa shape index (κ1) is 21.6. The van der Waals surface area contributed by atoms with E-state index < -0.39 is 5.54 Å². The number of para-hydroxylation sites is 1. The van der Waals surface area contributed by atoms with E-state index in [1.165, 1.54) is 12.1 Å². The number of carbonyl (C=O) groups excluding carboxylic acids is 2. The van der Waals surface area contributed by atoms with Gasteiger partial charge in [-0.1, -0.05) is 30.3 Å². The van der Waals surface area contributed by atoms with Gasteiger partial charge in [-0.3, -0.25) is 9.59 Å². The minimum Gasteiger partial charge on any atom is -0.379 e. The van der Waals surface area contributed by atoms with Crippen molar-refractivity contribution in [2.45, 2.75) is 37.8 Å². The lowest BCUT2D eigenvalue weighted by Crippen LogP contribution is -2.56. The molecular weight excluding hydrogens is 421 g/mol. The molecule has 0 saturated carbocycles. The molecule has 0 radical (unpaired) electrons. The van der Waals surface area contributed by atoms with E-state index in [9.17, 15) is 14.0 Å². The summed E-state index contributed by atoms with van der Waals surface area (Å²) in [6.07, 6.45) is 3.98. The molecule has 1 N–H and O–H groups in total. The summed E-state index contributed by atoms with van der Waals surface area (Å²) in [5.74, 6) is -0.230. The zero-order valence-electron chi connectivity index (χ0n) is 18.6. The number of ether oxygens (including phenoxy) is 1. The number of aromatic amines is 1. The van der Waals surface area contributed by atoms with Crippen LogP contribution in [-0.2, 0) is 27.3 Å². The molecule has 1 aromatic heterocycles. The van der Waals surface area contributed by atoms with E-state index in [0.29, 0.717) is 52.1 Å². The first-order valence-corrected chi connectivity index (χ1v) is 11.5. The van der Waals surface area contributed by atoms with Crippen molar-refractivity contribution in [3.05, 3.63) is 71.7 Å². The summed E-state index contributed by atoms with van der Waals surface area (Å²) in [6.45, 7) is 2.23. The number of fused-ring (bicyclic) bond motifs is 1. The summed E-state index contributed by atoms with van der Waals surface area (Å²) in [5.41, 5.74) is 2.52. The number of nitrogens with zero attached hydrogens (tertiary/aromatic N) is 2. The van der Waals surface area contributed by atoms with Gasteiger partial charge in [-0.25, -0.2) is 4.39 Å². The van der Waals surface area contributed by atoms with Crippen molar-refractivity contribution in [3.63, 3.8) is 0 Å². The molecule has 3 aromatic rings. The Hall–Kier alpha value is -3.19. The number of nitrogens with one attached hydrogen (secondary N) is 1. The number of hydrogen-bond donors (Lipinski definition) is 1. The lowest BCUT2D eigenvalue weighted by atomic mass is 9.94. The lowest BCUT2D eigenvalue weighted by molar-refractivity contribution is -0.138. The number of aromatic nitrogens is 1. The van der Waals surface area contributed by atoms with E-state index in [2.05, 4.69) is 11.1 Å². The molecule has 2 amide bonds. The van der Waals surface area contributed by atoms with Gasteiger partial charge in [0, 0.05) is 56.2 Å². The van der Waals surface area contributed by atoms with Crippen LogP contribution in [0.2, 0.25) is 0 Å². The summed E-state index contributed by atoms with van der Waals surface area (Å²) in [4.78, 5) is 33.4. The fraction of sp³-hybridized carbons (Fsp3) is 0.385. The maximum atomic E-state index is 13.4. The van der Waals surface area contributed by atoms with Gasteiger partial charge in [0.25, 0.3) is 0 Å². The molecule has 2 fully saturated rings. The van der Waals surface area contributed by atoms with E-state index in [0.717, 1.165) is 22.0 Å². The van der Waals surface area contributed by atoms with E-state index in [1.807, 2.05) is 34.2 Å². The number of amides is 2. The number of hydrogen-bond acceptors (Lipinski definition) is 3. The van der Waals surface area contributed by atoms with Gasteiger partial charge in [0.2, 0.25) is 11.8 Å². The maximum Gasteiger partial charge on any atom is 0.225 e. The van der Waals surface area contributed by atoms with Crippen molar-refractivity contribution in [3.8, 4) is 0 Å². The fourth-order valence-electron chi connectivity index (χ4n) is 5.06. The van der Waals surface area contributed by atoms with Crippen LogP contribution in [0.4, 0.5) is 4.39 Å². The first-order chi connectivity index (χ1) is 16.0. The minimum absolute atomic E-state index is 0.0109. The molecule has 6 nitrogen and oxygen atoms in total. The first-order valence-electron chi connectivity index (χ1n) is 11.5. The van der Waals surface area contributed by atoms with Crippen molar-refractivity contribution in [2.24, 2.45) is 0 Å². The van der Waals surface area contributed by atoms with Crippen molar-refractivity contribution < 1.29 is 18.7 Å². The van der Waals surface area contributed by atoms with Gasteiger partial charge in [0.15, 0.2) is 0 Å². The number of aryl methyl sites for hydroxylation is 1. The summed E-state index contributed by atoms with van der Waals surface area (Å²) < 4.78 is 19.1. The highest BCUT2D eigenvalue weighted by atomic mass is 19.1. The van der Waals surface area contributed by atoms with Gasteiger partial charge in [-0.15, -0.1) is 0 Å². The summed E-state index contributed by atoms with van der Waals surface area (Å²) in [6, 6.07) is 14.3. The third-order valence-electron chi connectivity index (χ3n) is 6.93. The molecular formula is C26H28FN3O3. The predicted octanol–water partition coefficient (Wildman–Crippen LogP) is 3.66. The van der Waals surface area contributed by atoms with Gasteiger partial charge in [-0.05, 0) is 42.2 Å². The molecule has 7 heteroatoms. The monoisotopic (exact) mass is 449 g/mol. The number of halogens is 1. The number of H-pyrrole nitrogens is 1. The lowest BCUT2D eigenvalue weighted by Gasteiger charge is -2.40. The molecule has 172 valence electrons. The zero-order valence-corrected chi connectivity index (χ0v) is 18.6. The van der Waals surface area contributed by atoms with Crippen molar-refractivity contribution in [2.75, 3.05) is 26.3 Å². The quantitative estimate of drug-likeness (QED) is 0.647. The molecule has 1 atom stereocenters. The fourth-order valence-corrected chi connectivity index (χ4v) is 5.06. The van der Waals surface area contributed by atoms with Crippen molar-refractivity contribution in [1.82, 2.24) is 14.8 Å². The van der Waals surface area contributed by atoms with Crippen LogP contribution in [0.5, 0.6) is 0 Å². The molecule has 0 aliphatic carbocycles. The summed E-state index contributed by atoms with van der Waals surface area (Å²) in [5, 5.41) is 1.14. The highest BCUT2D eigenvalue weighted by Crippen LogP contribution is 2.32. The van der Waals surface area contributed by atoms with Crippen LogP contribution in [0.15, 0.2) is 54.7 Å². The van der Waals surface area contributed by atoms with E-state index in [-0.39, 0.29) is 24.1 Å². The Kier molecular flexibility index (Phi) is 5.89. The molecule has 2 aliphatic rings. The average molecular weight is 450 g/mol. The standard InChI is InChI=1S/C26H28FN3O3/c27-21-8-5-19(6-9-21)16-30-25(32)11-13-29(17-26(30)12-14-33-18-26)24(31)10-7-20-15-28-23-4-2-1-3-22(20)23/h1-6,8-9,15,28H,7,10-14,16-18H2. The molecule has 2 aromatic carbocycles. The highest BCUT2D eigenvalue weighted by molar-refractivity contribution is 5.85. The van der Waals surface area contributed by atoms with E-state index in [1.54, 1.807) is 12.1 Å². The second kappa shape index (κ2) is 8.98. The van der Waals surface area contributed by atoms with Crippen LogP contribution >= 0.6 is 0 Å². The Labute approximate surface area is 192 Å². The largest absolute Gasteiger partial charge is 0.379 e. The third-order valence-corrected chi connectivity index (χ3v) is 6.93. The Bertz CT molecular complexity index is 1150. The van der Waals surface area contributed by atoms with Crippen LogP contribution < -0.4 is 0 Å². The van der Waals surface area contributed by atoms with Gasteiger partial charge in [0.1, 0.15) is 5.82 Å². The normalized spacial score (nSPS) is 21.2. The molecule has 0 bridgehead atoms. The SMILES string of the molecule is O=C(CCc1c[nH]c2ccccc12)N1CCC(=O)N(Cc2ccc(F)cc2)C2(CCOC2)C1. The molecule has 3 heterocycles. The predicted molar refractivity (Wildman–Crippen MR) is 123 cm³/mol. The molecule has 33 heavy (non-hydrogen) atoms. The summed E-state index contributed by atoms with van der Waals surface area (Å²) >= 11 is 0. The van der Waals surface area contributed by atoms with Gasteiger partial charge < -0.3 is 19.5 Å². The van der Waals surface area contributed by atoms with E-state index in [4.69, 9.17) is 4.74 Å². The third kappa shape index (κ3) is 4.37. The van der Waals surface area contributed by atoms with Gasteiger partial charge in [-0.2, -0.15) is 0 Å². The van der Waals surface area contributed by atoms with Crippen LogP contribution in [0.3, 0.4) is 0 Å². The zero-order chi connectivity index (χ0) is 22.8. The second-order valence-electron chi connectivity index (χ2n) is 9.06.